The van der Waals surface area contributed by atoms with Crippen molar-refractivity contribution in [3.05, 3.63) is 52.9 Å². The van der Waals surface area contributed by atoms with Gasteiger partial charge in [-0.3, -0.25) is 4.68 Å². The number of hydrogen-bond donors (Lipinski definition) is 1. The molecule has 0 spiro atoms. The van der Waals surface area contributed by atoms with Crippen LogP contribution < -0.4 is 5.32 Å². The average molecular weight is 303 g/mol. The SMILES string of the molecule is CC(C)NCc1sc2cccc(F)c2c1Cn1cccn1. The maximum absolute atomic E-state index is 14.2. The van der Waals surface area contributed by atoms with E-state index in [1.807, 2.05) is 23.0 Å². The predicted octanol–water partition coefficient (Wildman–Crippen LogP) is 3.78. The molecule has 2 aromatic heterocycles. The van der Waals surface area contributed by atoms with Crippen LogP contribution in [0.15, 0.2) is 36.7 Å². The number of halogens is 1. The fourth-order valence-electron chi connectivity index (χ4n) is 2.38. The highest BCUT2D eigenvalue weighted by Gasteiger charge is 2.16. The van der Waals surface area contributed by atoms with Crippen molar-refractivity contribution >= 4 is 21.4 Å². The van der Waals surface area contributed by atoms with Crippen molar-refractivity contribution in [1.82, 2.24) is 15.1 Å². The molecule has 0 aliphatic carbocycles. The quantitative estimate of drug-likeness (QED) is 0.777. The van der Waals surface area contributed by atoms with Gasteiger partial charge in [-0.05, 0) is 23.8 Å². The first-order valence-electron chi connectivity index (χ1n) is 7.04. The van der Waals surface area contributed by atoms with Crippen LogP contribution in [0, 0.1) is 5.82 Å². The number of hydrogen-bond acceptors (Lipinski definition) is 3. The van der Waals surface area contributed by atoms with Crippen molar-refractivity contribution in [2.45, 2.75) is 33.0 Å². The largest absolute Gasteiger partial charge is 0.310 e. The smallest absolute Gasteiger partial charge is 0.132 e. The van der Waals surface area contributed by atoms with E-state index in [1.165, 1.54) is 10.9 Å². The number of aromatic nitrogens is 2. The lowest BCUT2D eigenvalue weighted by molar-refractivity contribution is 0.587. The van der Waals surface area contributed by atoms with Crippen LogP contribution in [0.25, 0.3) is 10.1 Å². The van der Waals surface area contributed by atoms with Crippen LogP contribution in [0.3, 0.4) is 0 Å². The van der Waals surface area contributed by atoms with E-state index in [9.17, 15) is 4.39 Å². The molecular weight excluding hydrogens is 285 g/mol. The molecule has 0 aliphatic heterocycles. The third kappa shape index (κ3) is 2.99. The van der Waals surface area contributed by atoms with Crippen molar-refractivity contribution in [2.75, 3.05) is 0 Å². The van der Waals surface area contributed by atoms with E-state index >= 15 is 0 Å². The number of nitrogens with zero attached hydrogens (tertiary/aromatic N) is 2. The first kappa shape index (κ1) is 14.2. The van der Waals surface area contributed by atoms with Gasteiger partial charge >= 0.3 is 0 Å². The Balaban J connectivity index is 2.05. The Bertz CT molecular complexity index is 731. The molecule has 0 saturated carbocycles. The van der Waals surface area contributed by atoms with Gasteiger partial charge in [-0.15, -0.1) is 11.3 Å². The second kappa shape index (κ2) is 5.95. The van der Waals surface area contributed by atoms with Crippen molar-refractivity contribution < 1.29 is 4.39 Å². The van der Waals surface area contributed by atoms with Crippen molar-refractivity contribution in [2.24, 2.45) is 0 Å². The van der Waals surface area contributed by atoms with Gasteiger partial charge in [-0.25, -0.2) is 4.39 Å². The van der Waals surface area contributed by atoms with E-state index in [2.05, 4.69) is 24.3 Å². The molecule has 3 rings (SSSR count). The Kier molecular flexibility index (Phi) is 4.03. The number of fused-ring (bicyclic) bond motifs is 1. The summed E-state index contributed by atoms with van der Waals surface area (Å²) in [6.07, 6.45) is 3.65. The zero-order chi connectivity index (χ0) is 14.8. The minimum absolute atomic E-state index is 0.151. The Labute approximate surface area is 127 Å². The lowest BCUT2D eigenvalue weighted by Crippen LogP contribution is -2.22. The molecule has 5 heteroatoms. The molecule has 3 nitrogen and oxygen atoms in total. The van der Waals surface area contributed by atoms with Gasteiger partial charge in [-0.2, -0.15) is 5.10 Å². The molecule has 1 N–H and O–H groups in total. The molecule has 2 heterocycles. The van der Waals surface area contributed by atoms with Crippen LogP contribution in [0.2, 0.25) is 0 Å². The number of benzene rings is 1. The van der Waals surface area contributed by atoms with Gasteiger partial charge < -0.3 is 5.32 Å². The minimum Gasteiger partial charge on any atom is -0.310 e. The molecule has 0 amide bonds. The minimum atomic E-state index is -0.151. The summed E-state index contributed by atoms with van der Waals surface area (Å²) in [5, 5.41) is 8.40. The number of thiophene rings is 1. The van der Waals surface area contributed by atoms with Crippen molar-refractivity contribution in [3.8, 4) is 0 Å². The Morgan fingerprint density at radius 1 is 1.33 bits per heavy atom. The van der Waals surface area contributed by atoms with Gasteiger partial charge in [0.25, 0.3) is 0 Å². The van der Waals surface area contributed by atoms with E-state index in [0.717, 1.165) is 22.2 Å². The van der Waals surface area contributed by atoms with Crippen molar-refractivity contribution in [3.63, 3.8) is 0 Å². The van der Waals surface area contributed by atoms with Gasteiger partial charge in [-0.1, -0.05) is 19.9 Å². The summed E-state index contributed by atoms with van der Waals surface area (Å²) in [7, 11) is 0. The first-order chi connectivity index (χ1) is 10.1. The lowest BCUT2D eigenvalue weighted by atomic mass is 10.1. The molecule has 1 aromatic carbocycles. The summed E-state index contributed by atoms with van der Waals surface area (Å²) >= 11 is 1.66. The Morgan fingerprint density at radius 2 is 2.19 bits per heavy atom. The highest BCUT2D eigenvalue weighted by atomic mass is 32.1. The summed E-state index contributed by atoms with van der Waals surface area (Å²) in [5.74, 6) is -0.151. The Hall–Kier alpha value is -1.72. The molecule has 0 unspecified atom stereocenters. The maximum Gasteiger partial charge on any atom is 0.132 e. The van der Waals surface area contributed by atoms with Gasteiger partial charge in [0.05, 0.1) is 6.54 Å². The molecule has 0 fully saturated rings. The highest BCUT2D eigenvalue weighted by molar-refractivity contribution is 7.19. The number of nitrogens with one attached hydrogen (secondary N) is 1. The lowest BCUT2D eigenvalue weighted by Gasteiger charge is -2.09. The van der Waals surface area contributed by atoms with Crippen LogP contribution in [0.4, 0.5) is 4.39 Å². The second-order valence-electron chi connectivity index (χ2n) is 5.36. The van der Waals surface area contributed by atoms with Crippen LogP contribution in [-0.4, -0.2) is 15.8 Å². The zero-order valence-electron chi connectivity index (χ0n) is 12.1. The first-order valence-corrected chi connectivity index (χ1v) is 7.86. The fraction of sp³-hybridized carbons (Fsp3) is 0.312. The molecule has 110 valence electrons. The Morgan fingerprint density at radius 3 is 2.90 bits per heavy atom. The maximum atomic E-state index is 14.2. The number of rotatable bonds is 5. The summed E-state index contributed by atoms with van der Waals surface area (Å²) < 4.78 is 17.1. The van der Waals surface area contributed by atoms with Gasteiger partial charge in [0, 0.05) is 39.9 Å². The van der Waals surface area contributed by atoms with Gasteiger partial charge in [0.2, 0.25) is 0 Å². The van der Waals surface area contributed by atoms with Crippen LogP contribution in [0.5, 0.6) is 0 Å². The van der Waals surface area contributed by atoms with E-state index in [-0.39, 0.29) is 5.82 Å². The molecule has 0 aliphatic rings. The third-order valence-electron chi connectivity index (χ3n) is 3.40. The molecule has 3 aromatic rings. The van der Waals surface area contributed by atoms with E-state index < -0.39 is 0 Å². The summed E-state index contributed by atoms with van der Waals surface area (Å²) in [6.45, 7) is 5.58. The molecule has 21 heavy (non-hydrogen) atoms. The van der Waals surface area contributed by atoms with E-state index in [4.69, 9.17) is 0 Å². The molecule has 0 radical (unpaired) electrons. The van der Waals surface area contributed by atoms with Crippen molar-refractivity contribution in [1.29, 1.82) is 0 Å². The molecule has 0 bridgehead atoms. The third-order valence-corrected chi connectivity index (χ3v) is 4.59. The molecular formula is C16H18FN3S. The van der Waals surface area contributed by atoms with E-state index in [0.29, 0.717) is 12.6 Å². The van der Waals surface area contributed by atoms with Gasteiger partial charge in [0.1, 0.15) is 5.82 Å². The summed E-state index contributed by atoms with van der Waals surface area (Å²) in [5.41, 5.74) is 1.03. The van der Waals surface area contributed by atoms with Gasteiger partial charge in [0.15, 0.2) is 0 Å². The molecule has 0 saturated heterocycles. The standard InChI is InChI=1S/C16H18FN3S/c1-11(2)18-9-15-12(10-20-8-4-7-19-20)16-13(17)5-3-6-14(16)21-15/h3-8,11,18H,9-10H2,1-2H3. The fourth-order valence-corrected chi connectivity index (χ4v) is 3.56. The summed E-state index contributed by atoms with van der Waals surface area (Å²) in [4.78, 5) is 1.18. The van der Waals surface area contributed by atoms with Crippen LogP contribution in [0.1, 0.15) is 24.3 Å². The normalized spacial score (nSPS) is 11.6. The van der Waals surface area contributed by atoms with Crippen LogP contribution >= 0.6 is 11.3 Å². The monoisotopic (exact) mass is 303 g/mol. The average Bonchev–Trinajstić information content (AvgIpc) is 3.06. The van der Waals surface area contributed by atoms with E-state index in [1.54, 1.807) is 23.6 Å². The molecule has 0 atom stereocenters. The summed E-state index contributed by atoms with van der Waals surface area (Å²) in [6, 6.07) is 7.57. The predicted molar refractivity (Wildman–Crippen MR) is 85.1 cm³/mol. The second-order valence-corrected chi connectivity index (χ2v) is 6.49. The topological polar surface area (TPSA) is 29.9 Å². The zero-order valence-corrected chi connectivity index (χ0v) is 13.0. The van der Waals surface area contributed by atoms with Crippen LogP contribution in [-0.2, 0) is 13.1 Å². The highest BCUT2D eigenvalue weighted by Crippen LogP contribution is 2.33.